The van der Waals surface area contributed by atoms with Crippen LogP contribution in [-0.2, 0) is 16.6 Å². The van der Waals surface area contributed by atoms with Crippen LogP contribution in [0.15, 0.2) is 5.03 Å². The average molecular weight is 303 g/mol. The Kier molecular flexibility index (Phi) is 6.16. The first-order valence-electron chi connectivity index (χ1n) is 6.95. The van der Waals surface area contributed by atoms with Gasteiger partial charge in [-0.2, -0.15) is 5.10 Å². The van der Waals surface area contributed by atoms with Crippen molar-refractivity contribution >= 4 is 10.0 Å². The minimum atomic E-state index is -3.68. The molecule has 0 spiro atoms. The fraction of sp³-hybridized carbons (Fsp3) is 0.769. The summed E-state index contributed by atoms with van der Waals surface area (Å²) in [6, 6.07) is -0.151. The molecule has 0 aliphatic carbocycles. The first-order valence-corrected chi connectivity index (χ1v) is 8.43. The number of sulfonamides is 1. The highest BCUT2D eigenvalue weighted by Gasteiger charge is 2.24. The van der Waals surface area contributed by atoms with Crippen molar-refractivity contribution in [3.8, 4) is 0 Å². The van der Waals surface area contributed by atoms with E-state index in [1.165, 1.54) is 0 Å². The monoisotopic (exact) mass is 303 g/mol. The maximum absolute atomic E-state index is 12.2. The number of aliphatic hydroxyl groups excluding tert-OH is 1. The van der Waals surface area contributed by atoms with E-state index in [0.29, 0.717) is 17.2 Å². The van der Waals surface area contributed by atoms with E-state index in [9.17, 15) is 13.5 Å². The van der Waals surface area contributed by atoms with Gasteiger partial charge >= 0.3 is 0 Å². The fourth-order valence-corrected chi connectivity index (χ4v) is 3.52. The lowest BCUT2D eigenvalue weighted by atomic mass is 10.0. The van der Waals surface area contributed by atoms with Gasteiger partial charge in [-0.15, -0.1) is 0 Å². The number of hydrogen-bond donors (Lipinski definition) is 3. The second kappa shape index (κ2) is 7.19. The van der Waals surface area contributed by atoms with Gasteiger partial charge in [0.2, 0.25) is 0 Å². The predicted octanol–water partition coefficient (Wildman–Crippen LogP) is 1.70. The quantitative estimate of drug-likeness (QED) is 0.681. The van der Waals surface area contributed by atoms with Crippen LogP contribution in [0.4, 0.5) is 0 Å². The van der Waals surface area contributed by atoms with Crippen molar-refractivity contribution in [1.29, 1.82) is 0 Å². The summed E-state index contributed by atoms with van der Waals surface area (Å²) in [6.45, 7) is 7.48. The van der Waals surface area contributed by atoms with Gasteiger partial charge in [-0.3, -0.25) is 5.10 Å². The molecule has 0 aliphatic heterocycles. The van der Waals surface area contributed by atoms with Crippen LogP contribution in [0.3, 0.4) is 0 Å². The van der Waals surface area contributed by atoms with E-state index in [-0.39, 0.29) is 17.7 Å². The van der Waals surface area contributed by atoms with Gasteiger partial charge in [0.25, 0.3) is 10.0 Å². The Morgan fingerprint density at radius 3 is 2.50 bits per heavy atom. The minimum Gasteiger partial charge on any atom is -0.392 e. The highest BCUT2D eigenvalue weighted by molar-refractivity contribution is 7.89. The zero-order chi connectivity index (χ0) is 15.3. The SMILES string of the molecule is Cc1[nH]nc(S(=O)(=O)NC(C)CCCC(C)C)c1CO. The highest BCUT2D eigenvalue weighted by atomic mass is 32.2. The molecule has 0 amide bonds. The second-order valence-corrected chi connectivity index (χ2v) is 7.27. The van der Waals surface area contributed by atoms with Gasteiger partial charge in [-0.25, -0.2) is 13.1 Å². The summed E-state index contributed by atoms with van der Waals surface area (Å²) in [5, 5.41) is 15.5. The average Bonchev–Trinajstić information content (AvgIpc) is 2.69. The van der Waals surface area contributed by atoms with E-state index >= 15 is 0 Å². The number of nitrogens with one attached hydrogen (secondary N) is 2. The number of aromatic nitrogens is 2. The third kappa shape index (κ3) is 4.57. The van der Waals surface area contributed by atoms with Gasteiger partial charge < -0.3 is 5.11 Å². The molecule has 1 unspecified atom stereocenters. The summed E-state index contributed by atoms with van der Waals surface area (Å²) in [4.78, 5) is 0. The number of hydrogen-bond acceptors (Lipinski definition) is 4. The molecule has 1 atom stereocenters. The Labute approximate surface area is 121 Å². The Morgan fingerprint density at radius 1 is 1.30 bits per heavy atom. The highest BCUT2D eigenvalue weighted by Crippen LogP contribution is 2.17. The van der Waals surface area contributed by atoms with E-state index in [0.717, 1.165) is 19.3 Å². The van der Waals surface area contributed by atoms with Gasteiger partial charge in [-0.1, -0.05) is 26.7 Å². The standard InChI is InChI=1S/C13H25N3O3S/c1-9(2)6-5-7-10(3)16-20(18,19)13-12(8-17)11(4)14-15-13/h9-10,16-17H,5-8H2,1-4H3,(H,14,15). The molecule has 116 valence electrons. The molecule has 7 heteroatoms. The summed E-state index contributed by atoms with van der Waals surface area (Å²) in [5.74, 6) is 0.619. The van der Waals surface area contributed by atoms with Gasteiger partial charge in [0.15, 0.2) is 5.03 Å². The Bertz CT molecular complexity index is 523. The molecule has 0 bridgehead atoms. The topological polar surface area (TPSA) is 95.1 Å². The number of nitrogens with zero attached hydrogens (tertiary/aromatic N) is 1. The van der Waals surface area contributed by atoms with Crippen LogP contribution in [0.25, 0.3) is 0 Å². The van der Waals surface area contributed by atoms with E-state index in [1.807, 2.05) is 6.92 Å². The van der Waals surface area contributed by atoms with Crippen molar-refractivity contribution in [2.75, 3.05) is 0 Å². The van der Waals surface area contributed by atoms with Crippen LogP contribution < -0.4 is 4.72 Å². The smallest absolute Gasteiger partial charge is 0.260 e. The van der Waals surface area contributed by atoms with E-state index < -0.39 is 10.0 Å². The maximum Gasteiger partial charge on any atom is 0.260 e. The summed E-state index contributed by atoms with van der Waals surface area (Å²) in [7, 11) is -3.68. The van der Waals surface area contributed by atoms with E-state index in [4.69, 9.17) is 0 Å². The van der Waals surface area contributed by atoms with Crippen molar-refractivity contribution in [3.63, 3.8) is 0 Å². The van der Waals surface area contributed by atoms with Gasteiger partial charge in [0.1, 0.15) is 0 Å². The predicted molar refractivity (Wildman–Crippen MR) is 77.7 cm³/mol. The molecule has 0 aliphatic rings. The van der Waals surface area contributed by atoms with Gasteiger partial charge in [0.05, 0.1) is 6.61 Å². The number of rotatable bonds is 8. The fourth-order valence-electron chi connectivity index (χ4n) is 2.05. The molecule has 0 fully saturated rings. The molecule has 0 radical (unpaired) electrons. The Hall–Kier alpha value is -0.920. The van der Waals surface area contributed by atoms with Crippen LogP contribution in [0.5, 0.6) is 0 Å². The lowest BCUT2D eigenvalue weighted by Gasteiger charge is -2.14. The third-order valence-electron chi connectivity index (χ3n) is 3.22. The molecule has 1 aromatic heterocycles. The van der Waals surface area contributed by atoms with Crippen molar-refractivity contribution in [1.82, 2.24) is 14.9 Å². The minimum absolute atomic E-state index is 0.104. The number of aromatic amines is 1. The summed E-state index contributed by atoms with van der Waals surface area (Å²) in [5.41, 5.74) is 0.896. The number of H-pyrrole nitrogens is 1. The molecule has 1 heterocycles. The molecule has 20 heavy (non-hydrogen) atoms. The van der Waals surface area contributed by atoms with E-state index in [2.05, 4.69) is 28.8 Å². The van der Waals surface area contributed by atoms with Crippen molar-refractivity contribution in [2.24, 2.45) is 5.92 Å². The molecular formula is C13H25N3O3S. The Morgan fingerprint density at radius 2 is 1.95 bits per heavy atom. The molecule has 3 N–H and O–H groups in total. The third-order valence-corrected chi connectivity index (χ3v) is 4.78. The van der Waals surface area contributed by atoms with Crippen molar-refractivity contribution < 1.29 is 13.5 Å². The first-order chi connectivity index (χ1) is 9.27. The van der Waals surface area contributed by atoms with E-state index in [1.54, 1.807) is 6.92 Å². The van der Waals surface area contributed by atoms with Crippen LogP contribution in [0.2, 0.25) is 0 Å². The molecular weight excluding hydrogens is 278 g/mol. The molecule has 0 aromatic carbocycles. The van der Waals surface area contributed by atoms with Crippen molar-refractivity contribution in [2.45, 2.75) is 64.6 Å². The molecule has 0 saturated carbocycles. The summed E-state index contributed by atoms with van der Waals surface area (Å²) < 4.78 is 27.1. The van der Waals surface area contributed by atoms with Crippen LogP contribution >= 0.6 is 0 Å². The number of aryl methyl sites for hydroxylation is 1. The lowest BCUT2D eigenvalue weighted by Crippen LogP contribution is -2.33. The van der Waals surface area contributed by atoms with Crippen LogP contribution in [0, 0.1) is 12.8 Å². The van der Waals surface area contributed by atoms with Crippen LogP contribution in [-0.4, -0.2) is 29.8 Å². The zero-order valence-corrected chi connectivity index (χ0v) is 13.4. The number of aliphatic hydroxyl groups is 1. The molecule has 0 saturated heterocycles. The van der Waals surface area contributed by atoms with Crippen LogP contribution in [0.1, 0.15) is 51.3 Å². The molecule has 1 rings (SSSR count). The molecule has 1 aromatic rings. The zero-order valence-electron chi connectivity index (χ0n) is 12.6. The Balaban J connectivity index is 2.69. The lowest BCUT2D eigenvalue weighted by molar-refractivity contribution is 0.277. The second-order valence-electron chi connectivity index (χ2n) is 5.64. The van der Waals surface area contributed by atoms with Gasteiger partial charge in [-0.05, 0) is 26.2 Å². The maximum atomic E-state index is 12.2. The molecule has 6 nitrogen and oxygen atoms in total. The first kappa shape index (κ1) is 17.1. The summed E-state index contributed by atoms with van der Waals surface area (Å²) in [6.07, 6.45) is 2.85. The van der Waals surface area contributed by atoms with Crippen molar-refractivity contribution in [3.05, 3.63) is 11.3 Å². The van der Waals surface area contributed by atoms with Gasteiger partial charge in [0, 0.05) is 17.3 Å². The summed E-state index contributed by atoms with van der Waals surface area (Å²) >= 11 is 0. The largest absolute Gasteiger partial charge is 0.392 e. The normalized spacial score (nSPS) is 13.9.